The van der Waals surface area contributed by atoms with Crippen LogP contribution in [0.1, 0.15) is 44.1 Å². The number of nitrogens with one attached hydrogen (secondary N) is 1. The highest BCUT2D eigenvalue weighted by molar-refractivity contribution is 6.31. The van der Waals surface area contributed by atoms with Gasteiger partial charge in [-0.25, -0.2) is 0 Å². The second-order valence-corrected chi connectivity index (χ2v) is 11.1. The molecule has 1 aromatic heterocycles. The smallest absolute Gasteiger partial charge is 0.220 e. The molecule has 1 amide bonds. The Morgan fingerprint density at radius 2 is 1.82 bits per heavy atom. The summed E-state index contributed by atoms with van der Waals surface area (Å²) in [5, 5.41) is 15.3. The average molecular weight is 477 g/mol. The number of carbonyl (C=O) groups is 1. The predicted molar refractivity (Wildman–Crippen MR) is 133 cm³/mol. The standard InChI is InChI=1S/C28H29ClN2O3/c29-21-7-8-23-24(12-21)31(22-4-2-1-3-5-22)16-18(27(23)33)6-9-25(32)30-26-19-10-17-11-20(26)15-28(34,13-17)14-19/h1-5,7-8,12,16-17,19-20,26,34H,6,9-11,13-15H2,(H,30,32). The average Bonchev–Trinajstić information content (AvgIpc) is 2.80. The summed E-state index contributed by atoms with van der Waals surface area (Å²) in [5.41, 5.74) is 1.75. The lowest BCUT2D eigenvalue weighted by Gasteiger charge is -2.58. The van der Waals surface area contributed by atoms with Crippen LogP contribution < -0.4 is 10.7 Å². The van der Waals surface area contributed by atoms with E-state index in [2.05, 4.69) is 5.32 Å². The number of hydrogen-bond donors (Lipinski definition) is 2. The lowest BCUT2D eigenvalue weighted by molar-refractivity contribution is -0.146. The van der Waals surface area contributed by atoms with Gasteiger partial charge in [-0.1, -0.05) is 29.8 Å². The fourth-order valence-electron chi connectivity index (χ4n) is 7.06. The number of aromatic nitrogens is 1. The SMILES string of the molecule is O=C(CCc1cn(-c2ccccc2)c2cc(Cl)ccc2c1=O)NC1C2CC3CC1CC(O)(C3)C2. The van der Waals surface area contributed by atoms with E-state index in [1.165, 1.54) is 0 Å². The number of carbonyl (C=O) groups excluding carboxylic acids is 1. The third-order valence-corrected chi connectivity index (χ3v) is 8.50. The number of pyridine rings is 1. The van der Waals surface area contributed by atoms with Crippen molar-refractivity contribution in [3.8, 4) is 5.69 Å². The molecule has 176 valence electrons. The minimum atomic E-state index is -0.506. The monoisotopic (exact) mass is 476 g/mol. The summed E-state index contributed by atoms with van der Waals surface area (Å²) in [4.78, 5) is 26.2. The Morgan fingerprint density at radius 3 is 2.53 bits per heavy atom. The highest BCUT2D eigenvalue weighted by Crippen LogP contribution is 2.55. The van der Waals surface area contributed by atoms with E-state index in [9.17, 15) is 14.7 Å². The molecule has 0 spiro atoms. The quantitative estimate of drug-likeness (QED) is 0.564. The number of aryl methyl sites for hydroxylation is 1. The minimum Gasteiger partial charge on any atom is -0.390 e. The highest BCUT2D eigenvalue weighted by Gasteiger charge is 2.54. The van der Waals surface area contributed by atoms with Gasteiger partial charge >= 0.3 is 0 Å². The molecule has 4 aliphatic carbocycles. The van der Waals surface area contributed by atoms with E-state index in [0.29, 0.717) is 40.1 Å². The topological polar surface area (TPSA) is 71.3 Å². The Labute approximate surface area is 203 Å². The van der Waals surface area contributed by atoms with Crippen molar-refractivity contribution < 1.29 is 9.90 Å². The van der Waals surface area contributed by atoms with Gasteiger partial charge in [-0.2, -0.15) is 0 Å². The molecule has 1 heterocycles. The molecule has 3 aromatic rings. The van der Waals surface area contributed by atoms with Crippen LogP contribution in [0.2, 0.25) is 5.02 Å². The van der Waals surface area contributed by atoms with E-state index < -0.39 is 5.60 Å². The van der Waals surface area contributed by atoms with Crippen LogP contribution in [0.3, 0.4) is 0 Å². The number of fused-ring (bicyclic) bond motifs is 1. The molecule has 6 heteroatoms. The molecule has 2 N–H and O–H groups in total. The molecule has 34 heavy (non-hydrogen) atoms. The van der Waals surface area contributed by atoms with Crippen LogP contribution in [0.15, 0.2) is 59.5 Å². The van der Waals surface area contributed by atoms with Crippen molar-refractivity contribution in [3.05, 3.63) is 75.5 Å². The first-order valence-electron chi connectivity index (χ1n) is 12.3. The van der Waals surface area contributed by atoms with Crippen molar-refractivity contribution in [1.82, 2.24) is 9.88 Å². The van der Waals surface area contributed by atoms with Crippen LogP contribution in [0.4, 0.5) is 0 Å². The number of benzene rings is 2. The number of aliphatic hydroxyl groups is 1. The Kier molecular flexibility index (Phi) is 5.30. The van der Waals surface area contributed by atoms with E-state index in [-0.39, 0.29) is 23.8 Å². The molecular weight excluding hydrogens is 448 g/mol. The Morgan fingerprint density at radius 1 is 1.09 bits per heavy atom. The summed E-state index contributed by atoms with van der Waals surface area (Å²) >= 11 is 6.24. The fraction of sp³-hybridized carbons (Fsp3) is 0.429. The number of rotatable bonds is 5. The zero-order chi connectivity index (χ0) is 23.4. The highest BCUT2D eigenvalue weighted by atomic mass is 35.5. The summed E-state index contributed by atoms with van der Waals surface area (Å²) < 4.78 is 1.98. The molecular formula is C28H29ClN2O3. The molecule has 5 nitrogen and oxygen atoms in total. The number of amides is 1. The molecule has 0 saturated heterocycles. The predicted octanol–water partition coefficient (Wildman–Crippen LogP) is 4.63. The molecule has 7 rings (SSSR count). The lowest BCUT2D eigenvalue weighted by Crippen LogP contribution is -2.61. The number of nitrogens with zero attached hydrogens (tertiary/aromatic N) is 1. The van der Waals surface area contributed by atoms with Crippen molar-refractivity contribution in [1.29, 1.82) is 0 Å². The van der Waals surface area contributed by atoms with Gasteiger partial charge in [0.2, 0.25) is 5.91 Å². The maximum absolute atomic E-state index is 13.2. The normalized spacial score (nSPS) is 29.5. The number of hydrogen-bond acceptors (Lipinski definition) is 3. The molecule has 4 fully saturated rings. The molecule has 4 saturated carbocycles. The van der Waals surface area contributed by atoms with Crippen molar-refractivity contribution in [2.45, 2.75) is 56.6 Å². The van der Waals surface area contributed by atoms with Crippen LogP contribution in [0, 0.1) is 17.8 Å². The third-order valence-electron chi connectivity index (χ3n) is 8.26. The van der Waals surface area contributed by atoms with E-state index in [1.807, 2.05) is 47.2 Å². The third kappa shape index (κ3) is 3.85. The van der Waals surface area contributed by atoms with Gasteiger partial charge in [0.25, 0.3) is 0 Å². The fourth-order valence-corrected chi connectivity index (χ4v) is 7.22. The molecule has 2 unspecified atom stereocenters. The van der Waals surface area contributed by atoms with Crippen LogP contribution in [0.5, 0.6) is 0 Å². The van der Waals surface area contributed by atoms with E-state index in [4.69, 9.17) is 11.6 Å². The van der Waals surface area contributed by atoms with Crippen molar-refractivity contribution in [2.75, 3.05) is 0 Å². The second-order valence-electron chi connectivity index (χ2n) is 10.6. The first-order chi connectivity index (χ1) is 16.4. The van der Waals surface area contributed by atoms with Crippen molar-refractivity contribution >= 4 is 28.4 Å². The van der Waals surface area contributed by atoms with Gasteiger partial charge in [-0.05, 0) is 86.6 Å². The van der Waals surface area contributed by atoms with Gasteiger partial charge in [0, 0.05) is 40.3 Å². The summed E-state index contributed by atoms with van der Waals surface area (Å²) in [6.45, 7) is 0. The van der Waals surface area contributed by atoms with Gasteiger partial charge in [0.1, 0.15) is 0 Å². The molecule has 2 atom stereocenters. The van der Waals surface area contributed by atoms with Crippen LogP contribution in [-0.4, -0.2) is 27.2 Å². The summed E-state index contributed by atoms with van der Waals surface area (Å²) in [6.07, 6.45) is 7.26. The molecule has 4 aliphatic rings. The first kappa shape index (κ1) is 21.9. The van der Waals surface area contributed by atoms with E-state index in [0.717, 1.165) is 43.3 Å². The van der Waals surface area contributed by atoms with E-state index in [1.54, 1.807) is 12.1 Å². The lowest BCUT2D eigenvalue weighted by atomic mass is 9.52. The van der Waals surface area contributed by atoms with Crippen molar-refractivity contribution in [3.63, 3.8) is 0 Å². The van der Waals surface area contributed by atoms with Gasteiger partial charge < -0.3 is 15.0 Å². The first-order valence-corrected chi connectivity index (χ1v) is 12.7. The molecule has 2 aromatic carbocycles. The number of halogens is 1. The van der Waals surface area contributed by atoms with Crippen LogP contribution in [0.25, 0.3) is 16.6 Å². The summed E-state index contributed by atoms with van der Waals surface area (Å²) in [7, 11) is 0. The Balaban J connectivity index is 1.23. The Bertz CT molecular complexity index is 1300. The maximum Gasteiger partial charge on any atom is 0.220 e. The van der Waals surface area contributed by atoms with E-state index >= 15 is 0 Å². The summed E-state index contributed by atoms with van der Waals surface area (Å²) in [6, 6.07) is 15.3. The summed E-state index contributed by atoms with van der Waals surface area (Å²) in [5.74, 6) is 1.35. The molecule has 4 bridgehead atoms. The second kappa shape index (κ2) is 8.24. The zero-order valence-electron chi connectivity index (χ0n) is 19.0. The molecule has 0 aliphatic heterocycles. The van der Waals surface area contributed by atoms with Crippen LogP contribution in [-0.2, 0) is 11.2 Å². The van der Waals surface area contributed by atoms with Crippen molar-refractivity contribution in [2.24, 2.45) is 17.8 Å². The minimum absolute atomic E-state index is 0.00803. The van der Waals surface area contributed by atoms with Gasteiger partial charge in [-0.15, -0.1) is 0 Å². The Hall–Kier alpha value is -2.63. The van der Waals surface area contributed by atoms with Gasteiger partial charge in [0.05, 0.1) is 11.1 Å². The molecule has 0 radical (unpaired) electrons. The zero-order valence-corrected chi connectivity index (χ0v) is 19.8. The van der Waals surface area contributed by atoms with Crippen LogP contribution >= 0.6 is 11.6 Å². The number of para-hydroxylation sites is 1. The maximum atomic E-state index is 13.2. The van der Waals surface area contributed by atoms with Gasteiger partial charge in [0.15, 0.2) is 5.43 Å². The van der Waals surface area contributed by atoms with Gasteiger partial charge in [-0.3, -0.25) is 9.59 Å². The largest absolute Gasteiger partial charge is 0.390 e.